The van der Waals surface area contributed by atoms with Gasteiger partial charge < -0.3 is 4.90 Å². The molecule has 1 atom stereocenters. The van der Waals surface area contributed by atoms with E-state index in [4.69, 9.17) is 0 Å². The van der Waals surface area contributed by atoms with E-state index in [0.717, 1.165) is 29.4 Å². The molecule has 92 valence electrons. The van der Waals surface area contributed by atoms with Gasteiger partial charge in [-0.15, -0.1) is 0 Å². The van der Waals surface area contributed by atoms with E-state index >= 15 is 0 Å². The molecule has 4 heteroatoms. The zero-order valence-corrected chi connectivity index (χ0v) is 11.6. The molecule has 1 aromatic heterocycles. The van der Waals surface area contributed by atoms with E-state index in [1.807, 2.05) is 6.20 Å². The first-order valence-electron chi connectivity index (χ1n) is 6.43. The van der Waals surface area contributed by atoms with Gasteiger partial charge in [-0.1, -0.05) is 0 Å². The third kappa shape index (κ3) is 2.47. The smallest absolute Gasteiger partial charge is 0.128 e. The highest BCUT2D eigenvalue weighted by atomic mass is 79.9. The van der Waals surface area contributed by atoms with Crippen LogP contribution in [0.15, 0.2) is 22.8 Å². The van der Waals surface area contributed by atoms with Crippen molar-refractivity contribution in [1.29, 1.82) is 0 Å². The molecule has 0 spiro atoms. The average Bonchev–Trinajstić information content (AvgIpc) is 3.00. The lowest BCUT2D eigenvalue weighted by Gasteiger charge is -2.24. The highest BCUT2D eigenvalue weighted by Gasteiger charge is 2.29. The lowest BCUT2D eigenvalue weighted by Crippen LogP contribution is -2.35. The molecular weight excluding hydrogens is 278 g/mol. The first-order valence-corrected chi connectivity index (χ1v) is 7.23. The Bertz CT molecular complexity index is 373. The third-order valence-electron chi connectivity index (χ3n) is 3.86. The molecule has 2 aliphatic rings. The summed E-state index contributed by atoms with van der Waals surface area (Å²) in [7, 11) is 0. The maximum atomic E-state index is 4.48. The Labute approximate surface area is 111 Å². The van der Waals surface area contributed by atoms with Crippen LogP contribution in [0.5, 0.6) is 0 Å². The Morgan fingerprint density at radius 3 is 2.71 bits per heavy atom. The summed E-state index contributed by atoms with van der Waals surface area (Å²) in [5.74, 6) is 1.12. The van der Waals surface area contributed by atoms with E-state index in [1.165, 1.54) is 32.4 Å². The van der Waals surface area contributed by atoms with Gasteiger partial charge in [0.25, 0.3) is 0 Å². The second-order valence-corrected chi connectivity index (χ2v) is 5.88. The van der Waals surface area contributed by atoms with E-state index in [0.29, 0.717) is 0 Å². The SMILES string of the molecule is Brc1ccc(N2CC[C@@H](N3CCCC3)C2)nc1. The van der Waals surface area contributed by atoms with Gasteiger partial charge in [0.2, 0.25) is 0 Å². The Hall–Kier alpha value is -0.610. The number of hydrogen-bond donors (Lipinski definition) is 0. The van der Waals surface area contributed by atoms with Crippen LogP contribution in [0.2, 0.25) is 0 Å². The van der Waals surface area contributed by atoms with Crippen molar-refractivity contribution < 1.29 is 0 Å². The third-order valence-corrected chi connectivity index (χ3v) is 4.33. The van der Waals surface area contributed by atoms with Gasteiger partial charge in [-0.2, -0.15) is 0 Å². The Morgan fingerprint density at radius 2 is 2.00 bits per heavy atom. The molecule has 2 fully saturated rings. The van der Waals surface area contributed by atoms with Crippen molar-refractivity contribution >= 4 is 21.7 Å². The molecule has 17 heavy (non-hydrogen) atoms. The van der Waals surface area contributed by atoms with Crippen LogP contribution in [0.3, 0.4) is 0 Å². The second-order valence-electron chi connectivity index (χ2n) is 4.97. The first-order chi connectivity index (χ1) is 8.33. The van der Waals surface area contributed by atoms with Crippen LogP contribution >= 0.6 is 15.9 Å². The number of halogens is 1. The Balaban J connectivity index is 1.65. The Kier molecular flexibility index (Phi) is 3.34. The largest absolute Gasteiger partial charge is 0.355 e. The minimum atomic E-state index is 0.753. The molecule has 2 aliphatic heterocycles. The molecular formula is C13H18BrN3. The molecule has 3 nitrogen and oxygen atoms in total. The molecule has 0 saturated carbocycles. The summed E-state index contributed by atoms with van der Waals surface area (Å²) in [6.45, 7) is 4.89. The molecule has 3 rings (SSSR count). The van der Waals surface area contributed by atoms with E-state index in [2.05, 4.69) is 42.8 Å². The van der Waals surface area contributed by atoms with Crippen molar-refractivity contribution in [3.63, 3.8) is 0 Å². The molecule has 0 aliphatic carbocycles. The molecule has 0 aromatic carbocycles. The highest BCUT2D eigenvalue weighted by molar-refractivity contribution is 9.10. The van der Waals surface area contributed by atoms with Gasteiger partial charge in [-0.3, -0.25) is 4.90 Å². The fraction of sp³-hybridized carbons (Fsp3) is 0.615. The summed E-state index contributed by atoms with van der Waals surface area (Å²) in [4.78, 5) is 9.55. The number of nitrogens with zero attached hydrogens (tertiary/aromatic N) is 3. The fourth-order valence-corrected chi connectivity index (χ4v) is 3.14. The first kappa shape index (κ1) is 11.5. The van der Waals surface area contributed by atoms with Crippen molar-refractivity contribution in [3.8, 4) is 0 Å². The van der Waals surface area contributed by atoms with Crippen LogP contribution in [0.25, 0.3) is 0 Å². The normalized spacial score (nSPS) is 25.7. The number of anilines is 1. The predicted molar refractivity (Wildman–Crippen MR) is 73.4 cm³/mol. The van der Waals surface area contributed by atoms with E-state index in [9.17, 15) is 0 Å². The van der Waals surface area contributed by atoms with Crippen molar-refractivity contribution in [1.82, 2.24) is 9.88 Å². The van der Waals surface area contributed by atoms with Gasteiger partial charge in [0, 0.05) is 29.8 Å². The summed E-state index contributed by atoms with van der Waals surface area (Å²) in [6, 6.07) is 4.94. The molecule has 0 bridgehead atoms. The molecule has 0 N–H and O–H groups in total. The number of aromatic nitrogens is 1. The van der Waals surface area contributed by atoms with Gasteiger partial charge >= 0.3 is 0 Å². The van der Waals surface area contributed by atoms with Crippen molar-refractivity contribution in [2.45, 2.75) is 25.3 Å². The van der Waals surface area contributed by atoms with Crippen LogP contribution in [0.4, 0.5) is 5.82 Å². The van der Waals surface area contributed by atoms with Crippen molar-refractivity contribution in [2.24, 2.45) is 0 Å². The van der Waals surface area contributed by atoms with Gasteiger partial charge in [0.1, 0.15) is 5.82 Å². The lowest BCUT2D eigenvalue weighted by atomic mass is 10.2. The number of rotatable bonds is 2. The van der Waals surface area contributed by atoms with Crippen LogP contribution in [0.1, 0.15) is 19.3 Å². The topological polar surface area (TPSA) is 19.4 Å². The van der Waals surface area contributed by atoms with Crippen LogP contribution in [-0.4, -0.2) is 42.1 Å². The van der Waals surface area contributed by atoms with E-state index in [1.54, 1.807) is 0 Å². The summed E-state index contributed by atoms with van der Waals surface area (Å²) < 4.78 is 1.05. The minimum absolute atomic E-state index is 0.753. The molecule has 0 amide bonds. The van der Waals surface area contributed by atoms with Crippen molar-refractivity contribution in [2.75, 3.05) is 31.1 Å². The highest BCUT2D eigenvalue weighted by Crippen LogP contribution is 2.24. The van der Waals surface area contributed by atoms with E-state index < -0.39 is 0 Å². The minimum Gasteiger partial charge on any atom is -0.355 e. The number of likely N-dealkylation sites (tertiary alicyclic amines) is 1. The second kappa shape index (κ2) is 4.94. The average molecular weight is 296 g/mol. The van der Waals surface area contributed by atoms with Gasteiger partial charge in [0.15, 0.2) is 0 Å². The molecule has 3 heterocycles. The van der Waals surface area contributed by atoms with Crippen LogP contribution < -0.4 is 4.90 Å². The maximum absolute atomic E-state index is 4.48. The summed E-state index contributed by atoms with van der Waals surface area (Å²) in [5.41, 5.74) is 0. The zero-order valence-electron chi connectivity index (χ0n) is 9.98. The van der Waals surface area contributed by atoms with Crippen LogP contribution in [-0.2, 0) is 0 Å². The molecule has 0 unspecified atom stereocenters. The van der Waals surface area contributed by atoms with Gasteiger partial charge in [-0.05, 0) is 60.4 Å². The maximum Gasteiger partial charge on any atom is 0.128 e. The zero-order chi connectivity index (χ0) is 11.7. The fourth-order valence-electron chi connectivity index (χ4n) is 2.91. The quantitative estimate of drug-likeness (QED) is 0.836. The van der Waals surface area contributed by atoms with Crippen LogP contribution in [0, 0.1) is 0 Å². The molecule has 2 saturated heterocycles. The predicted octanol–water partition coefficient (Wildman–Crippen LogP) is 2.52. The van der Waals surface area contributed by atoms with Gasteiger partial charge in [0.05, 0.1) is 0 Å². The molecule has 1 aromatic rings. The summed E-state index contributed by atoms with van der Waals surface area (Å²) in [5, 5.41) is 0. The number of pyridine rings is 1. The molecule has 0 radical (unpaired) electrons. The monoisotopic (exact) mass is 295 g/mol. The Morgan fingerprint density at radius 1 is 1.18 bits per heavy atom. The van der Waals surface area contributed by atoms with Gasteiger partial charge in [-0.25, -0.2) is 4.98 Å². The lowest BCUT2D eigenvalue weighted by molar-refractivity contribution is 0.260. The summed E-state index contributed by atoms with van der Waals surface area (Å²) in [6.07, 6.45) is 5.94. The number of hydrogen-bond acceptors (Lipinski definition) is 3. The summed E-state index contributed by atoms with van der Waals surface area (Å²) >= 11 is 3.43. The van der Waals surface area contributed by atoms with E-state index in [-0.39, 0.29) is 0 Å². The van der Waals surface area contributed by atoms with Crippen molar-refractivity contribution in [3.05, 3.63) is 22.8 Å². The standard InChI is InChI=1S/C13H18BrN3/c14-11-3-4-13(15-9-11)17-8-5-12(10-17)16-6-1-2-7-16/h3-4,9,12H,1-2,5-8,10H2/t12-/m1/s1.